The van der Waals surface area contributed by atoms with Crippen LogP contribution in [0.1, 0.15) is 31.5 Å². The highest BCUT2D eigenvalue weighted by atomic mass is 16.5. The molecule has 6 nitrogen and oxygen atoms in total. The Morgan fingerprint density at radius 2 is 2.20 bits per heavy atom. The van der Waals surface area contributed by atoms with E-state index in [0.29, 0.717) is 6.61 Å². The minimum absolute atomic E-state index is 0.0220. The van der Waals surface area contributed by atoms with Crippen molar-refractivity contribution >= 4 is 0 Å². The lowest BCUT2D eigenvalue weighted by Crippen LogP contribution is -2.49. The van der Waals surface area contributed by atoms with Gasteiger partial charge in [0.05, 0.1) is 30.6 Å². The SMILES string of the molecule is CCOC1(C(NC)c2c(OC)cnn2C)CCOCC1. The van der Waals surface area contributed by atoms with Crippen LogP contribution in [-0.4, -0.2) is 49.4 Å². The van der Waals surface area contributed by atoms with Crippen molar-refractivity contribution in [3.63, 3.8) is 0 Å². The topological polar surface area (TPSA) is 57.5 Å². The van der Waals surface area contributed by atoms with Gasteiger partial charge in [0, 0.05) is 39.7 Å². The molecule has 0 bridgehead atoms. The second kappa shape index (κ2) is 6.56. The number of rotatable bonds is 6. The number of nitrogens with zero attached hydrogens (tertiary/aromatic N) is 2. The normalized spacial score (nSPS) is 19.8. The van der Waals surface area contributed by atoms with Crippen molar-refractivity contribution in [3.05, 3.63) is 11.9 Å². The summed E-state index contributed by atoms with van der Waals surface area (Å²) in [5.74, 6) is 0.789. The molecule has 1 saturated heterocycles. The number of hydrogen-bond donors (Lipinski definition) is 1. The van der Waals surface area contributed by atoms with Gasteiger partial charge in [0.15, 0.2) is 5.75 Å². The van der Waals surface area contributed by atoms with Crippen molar-refractivity contribution in [3.8, 4) is 5.75 Å². The van der Waals surface area contributed by atoms with Gasteiger partial charge >= 0.3 is 0 Å². The van der Waals surface area contributed by atoms with Gasteiger partial charge in [-0.3, -0.25) is 4.68 Å². The Bertz CT molecular complexity index is 422. The van der Waals surface area contributed by atoms with Crippen molar-refractivity contribution in [2.24, 2.45) is 7.05 Å². The molecule has 0 aliphatic carbocycles. The molecule has 0 radical (unpaired) electrons. The van der Waals surface area contributed by atoms with Crippen LogP contribution in [0, 0.1) is 0 Å². The van der Waals surface area contributed by atoms with E-state index in [1.54, 1.807) is 13.3 Å². The molecule has 1 aliphatic rings. The fraction of sp³-hybridized carbons (Fsp3) is 0.786. The molecule has 1 fully saturated rings. The third-order valence-electron chi connectivity index (χ3n) is 4.03. The van der Waals surface area contributed by atoms with Crippen molar-refractivity contribution < 1.29 is 14.2 Å². The van der Waals surface area contributed by atoms with Crippen molar-refractivity contribution in [1.29, 1.82) is 0 Å². The molecule has 1 aliphatic heterocycles. The first-order valence-corrected chi connectivity index (χ1v) is 7.13. The van der Waals surface area contributed by atoms with Crippen LogP contribution in [-0.2, 0) is 16.5 Å². The van der Waals surface area contributed by atoms with Crippen LogP contribution in [0.3, 0.4) is 0 Å². The minimum atomic E-state index is -0.275. The largest absolute Gasteiger partial charge is 0.493 e. The number of nitrogens with one attached hydrogen (secondary N) is 1. The molecule has 0 spiro atoms. The number of hydrogen-bond acceptors (Lipinski definition) is 5. The standard InChI is InChI=1S/C14H25N3O3/c1-5-20-14(6-8-19-9-7-14)13(15-2)12-11(18-4)10-16-17(12)3/h10,13,15H,5-9H2,1-4H3. The van der Waals surface area contributed by atoms with E-state index in [1.165, 1.54) is 0 Å². The van der Waals surface area contributed by atoms with E-state index >= 15 is 0 Å². The molecule has 0 amide bonds. The van der Waals surface area contributed by atoms with Crippen LogP contribution in [0.4, 0.5) is 0 Å². The Hall–Kier alpha value is -1.11. The highest BCUT2D eigenvalue weighted by Crippen LogP contribution is 2.40. The summed E-state index contributed by atoms with van der Waals surface area (Å²) in [5.41, 5.74) is 0.744. The minimum Gasteiger partial charge on any atom is -0.493 e. The smallest absolute Gasteiger partial charge is 0.161 e. The predicted molar refractivity (Wildman–Crippen MR) is 76.0 cm³/mol. The Kier molecular flexibility index (Phi) is 5.01. The van der Waals surface area contributed by atoms with Gasteiger partial charge in [-0.15, -0.1) is 0 Å². The summed E-state index contributed by atoms with van der Waals surface area (Å²) in [6.07, 6.45) is 3.47. The Morgan fingerprint density at radius 3 is 2.75 bits per heavy atom. The Balaban J connectivity index is 2.39. The average molecular weight is 283 g/mol. The zero-order valence-electron chi connectivity index (χ0n) is 12.8. The van der Waals surface area contributed by atoms with Gasteiger partial charge in [-0.1, -0.05) is 0 Å². The molecular weight excluding hydrogens is 258 g/mol. The molecule has 1 atom stereocenters. The van der Waals surface area contributed by atoms with Gasteiger partial charge < -0.3 is 19.5 Å². The van der Waals surface area contributed by atoms with Crippen molar-refractivity contribution in [2.75, 3.05) is 34.0 Å². The highest BCUT2D eigenvalue weighted by Gasteiger charge is 2.44. The van der Waals surface area contributed by atoms with E-state index in [0.717, 1.165) is 37.5 Å². The molecule has 2 rings (SSSR count). The van der Waals surface area contributed by atoms with Crippen LogP contribution in [0.15, 0.2) is 6.20 Å². The molecule has 1 aromatic heterocycles. The van der Waals surface area contributed by atoms with Crippen LogP contribution in [0.25, 0.3) is 0 Å². The summed E-state index contributed by atoms with van der Waals surface area (Å²) in [6, 6.07) is 0.0220. The van der Waals surface area contributed by atoms with Crippen LogP contribution in [0.5, 0.6) is 5.75 Å². The number of ether oxygens (including phenoxy) is 3. The van der Waals surface area contributed by atoms with E-state index in [2.05, 4.69) is 10.4 Å². The maximum absolute atomic E-state index is 6.16. The predicted octanol–water partition coefficient (Wildman–Crippen LogP) is 1.27. The molecule has 0 aromatic carbocycles. The average Bonchev–Trinajstić information content (AvgIpc) is 2.82. The van der Waals surface area contributed by atoms with Crippen LogP contribution in [0.2, 0.25) is 0 Å². The summed E-state index contributed by atoms with van der Waals surface area (Å²) in [4.78, 5) is 0. The molecule has 6 heteroatoms. The molecule has 114 valence electrons. The summed E-state index contributed by atoms with van der Waals surface area (Å²) < 4.78 is 19.0. The van der Waals surface area contributed by atoms with Gasteiger partial charge in [-0.05, 0) is 14.0 Å². The first-order valence-electron chi connectivity index (χ1n) is 7.13. The van der Waals surface area contributed by atoms with Gasteiger partial charge in [0.1, 0.15) is 0 Å². The van der Waals surface area contributed by atoms with E-state index in [1.807, 2.05) is 25.7 Å². The maximum Gasteiger partial charge on any atom is 0.161 e. The quantitative estimate of drug-likeness (QED) is 0.852. The fourth-order valence-corrected chi connectivity index (χ4v) is 3.08. The highest BCUT2D eigenvalue weighted by molar-refractivity contribution is 5.30. The Morgan fingerprint density at radius 1 is 1.50 bits per heavy atom. The molecule has 20 heavy (non-hydrogen) atoms. The number of aryl methyl sites for hydroxylation is 1. The first-order chi connectivity index (χ1) is 9.68. The molecule has 1 aromatic rings. The summed E-state index contributed by atoms with van der Waals surface area (Å²) in [7, 11) is 5.55. The third-order valence-corrected chi connectivity index (χ3v) is 4.03. The van der Waals surface area contributed by atoms with Gasteiger partial charge in [-0.2, -0.15) is 5.10 Å². The zero-order valence-corrected chi connectivity index (χ0v) is 12.8. The van der Waals surface area contributed by atoms with E-state index in [-0.39, 0.29) is 11.6 Å². The number of aromatic nitrogens is 2. The lowest BCUT2D eigenvalue weighted by atomic mass is 9.83. The fourth-order valence-electron chi connectivity index (χ4n) is 3.08. The zero-order chi connectivity index (χ0) is 14.6. The molecule has 1 N–H and O–H groups in total. The number of likely N-dealkylation sites (N-methyl/N-ethyl adjacent to an activating group) is 1. The maximum atomic E-state index is 6.16. The van der Waals surface area contributed by atoms with Crippen molar-refractivity contribution in [2.45, 2.75) is 31.4 Å². The Labute approximate surface area is 120 Å². The molecule has 2 heterocycles. The molecule has 1 unspecified atom stereocenters. The van der Waals surface area contributed by atoms with E-state index in [4.69, 9.17) is 14.2 Å². The lowest BCUT2D eigenvalue weighted by Gasteiger charge is -2.43. The second-order valence-corrected chi connectivity index (χ2v) is 5.05. The summed E-state index contributed by atoms with van der Waals surface area (Å²) in [5, 5.41) is 7.70. The van der Waals surface area contributed by atoms with Crippen LogP contribution >= 0.6 is 0 Å². The van der Waals surface area contributed by atoms with Crippen LogP contribution < -0.4 is 10.1 Å². The van der Waals surface area contributed by atoms with E-state index < -0.39 is 0 Å². The second-order valence-electron chi connectivity index (χ2n) is 5.05. The first kappa shape index (κ1) is 15.3. The van der Waals surface area contributed by atoms with Crippen molar-refractivity contribution in [1.82, 2.24) is 15.1 Å². The van der Waals surface area contributed by atoms with Gasteiger partial charge in [-0.25, -0.2) is 0 Å². The van der Waals surface area contributed by atoms with E-state index in [9.17, 15) is 0 Å². The number of methoxy groups -OCH3 is 1. The summed E-state index contributed by atoms with van der Waals surface area (Å²) in [6.45, 7) is 4.15. The molecule has 0 saturated carbocycles. The monoisotopic (exact) mass is 283 g/mol. The van der Waals surface area contributed by atoms with Gasteiger partial charge in [0.2, 0.25) is 0 Å². The lowest BCUT2D eigenvalue weighted by molar-refractivity contribution is -0.128. The van der Waals surface area contributed by atoms with Gasteiger partial charge in [0.25, 0.3) is 0 Å². The third kappa shape index (κ3) is 2.68. The molecular formula is C14H25N3O3. The summed E-state index contributed by atoms with van der Waals surface area (Å²) >= 11 is 0.